The quantitative estimate of drug-likeness (QED) is 0.862. The molecule has 0 spiro atoms. The molecule has 0 atom stereocenters. The van der Waals surface area contributed by atoms with E-state index in [1.165, 1.54) is 17.5 Å². The number of carbonyl (C=O) groups excluding carboxylic acids is 2. The van der Waals surface area contributed by atoms with Crippen molar-refractivity contribution in [2.24, 2.45) is 0 Å². The number of pyridine rings is 1. The third-order valence-electron chi connectivity index (χ3n) is 3.94. The Bertz CT molecular complexity index is 695. The molecule has 22 heavy (non-hydrogen) atoms. The van der Waals surface area contributed by atoms with E-state index in [0.29, 0.717) is 5.69 Å². The topological polar surface area (TPSA) is 59.1 Å². The average Bonchev–Trinajstić information content (AvgIpc) is 3.01. The van der Waals surface area contributed by atoms with Gasteiger partial charge in [-0.05, 0) is 48.6 Å². The Labute approximate surface area is 129 Å². The fraction of sp³-hybridized carbons (Fsp3) is 0.278. The maximum absolute atomic E-state index is 12.2. The molecule has 1 aromatic heterocycles. The molecule has 0 aliphatic heterocycles. The summed E-state index contributed by atoms with van der Waals surface area (Å²) in [7, 11) is 0. The van der Waals surface area contributed by atoms with Gasteiger partial charge in [0.25, 0.3) is 0 Å². The lowest BCUT2D eigenvalue weighted by atomic mass is 10.0. The molecule has 1 N–H and O–H groups in total. The zero-order valence-corrected chi connectivity index (χ0v) is 12.3. The molecule has 2 aromatic rings. The van der Waals surface area contributed by atoms with Crippen LogP contribution in [-0.4, -0.2) is 16.7 Å². The van der Waals surface area contributed by atoms with E-state index in [-0.39, 0.29) is 24.5 Å². The van der Waals surface area contributed by atoms with Gasteiger partial charge in [-0.15, -0.1) is 0 Å². The summed E-state index contributed by atoms with van der Waals surface area (Å²) in [6, 6.07) is 9.44. The Morgan fingerprint density at radius 2 is 1.95 bits per heavy atom. The van der Waals surface area contributed by atoms with Gasteiger partial charge < -0.3 is 5.32 Å². The van der Waals surface area contributed by atoms with Gasteiger partial charge in [0, 0.05) is 24.6 Å². The molecule has 0 bridgehead atoms. The minimum Gasteiger partial charge on any atom is -0.325 e. The van der Waals surface area contributed by atoms with Crippen molar-refractivity contribution in [2.45, 2.75) is 32.1 Å². The molecule has 4 heteroatoms. The van der Waals surface area contributed by atoms with E-state index in [2.05, 4.69) is 10.3 Å². The van der Waals surface area contributed by atoms with Crippen LogP contribution in [0.25, 0.3) is 0 Å². The number of benzene rings is 1. The molecule has 112 valence electrons. The maximum Gasteiger partial charge on any atom is 0.224 e. The van der Waals surface area contributed by atoms with Gasteiger partial charge in [-0.1, -0.05) is 12.1 Å². The normalized spacial score (nSPS) is 12.7. The molecule has 1 aromatic carbocycles. The van der Waals surface area contributed by atoms with Crippen LogP contribution < -0.4 is 5.32 Å². The predicted octanol–water partition coefficient (Wildman–Crippen LogP) is 3.17. The number of anilines is 1. The van der Waals surface area contributed by atoms with E-state index in [1.807, 2.05) is 18.2 Å². The number of amides is 1. The molecule has 1 heterocycles. The standard InChI is InChI=1S/C18H18N2O2/c21-17(15-7-6-13-3-1-4-14(13)11-15)8-9-18(22)20-16-5-2-10-19-12-16/h2,5-7,10-12H,1,3-4,8-9H2,(H,20,22). The summed E-state index contributed by atoms with van der Waals surface area (Å²) in [5, 5.41) is 2.74. The molecule has 0 saturated carbocycles. The first-order valence-electron chi connectivity index (χ1n) is 7.57. The van der Waals surface area contributed by atoms with Crippen molar-refractivity contribution in [1.82, 2.24) is 4.98 Å². The van der Waals surface area contributed by atoms with Gasteiger partial charge >= 0.3 is 0 Å². The highest BCUT2D eigenvalue weighted by molar-refractivity contribution is 6.00. The first-order valence-corrected chi connectivity index (χ1v) is 7.57. The van der Waals surface area contributed by atoms with Crippen LogP contribution in [0.3, 0.4) is 0 Å². The summed E-state index contributed by atoms with van der Waals surface area (Å²) in [6.07, 6.45) is 6.97. The number of Topliss-reactive ketones (excluding diaryl/α,β-unsaturated/α-hetero) is 1. The van der Waals surface area contributed by atoms with Crippen LogP contribution in [0.5, 0.6) is 0 Å². The van der Waals surface area contributed by atoms with Crippen molar-refractivity contribution >= 4 is 17.4 Å². The van der Waals surface area contributed by atoms with E-state index in [1.54, 1.807) is 24.5 Å². The molecule has 1 aliphatic carbocycles. The summed E-state index contributed by atoms with van der Waals surface area (Å²) >= 11 is 0. The Morgan fingerprint density at radius 1 is 1.09 bits per heavy atom. The second kappa shape index (κ2) is 6.52. The van der Waals surface area contributed by atoms with Gasteiger partial charge in [-0.2, -0.15) is 0 Å². The van der Waals surface area contributed by atoms with Crippen LogP contribution in [-0.2, 0) is 17.6 Å². The molecule has 1 amide bonds. The van der Waals surface area contributed by atoms with Crippen molar-refractivity contribution in [1.29, 1.82) is 0 Å². The third-order valence-corrected chi connectivity index (χ3v) is 3.94. The van der Waals surface area contributed by atoms with Crippen LogP contribution in [0, 0.1) is 0 Å². The van der Waals surface area contributed by atoms with Gasteiger partial charge in [-0.25, -0.2) is 0 Å². The monoisotopic (exact) mass is 294 g/mol. The van der Waals surface area contributed by atoms with Crippen molar-refractivity contribution in [3.63, 3.8) is 0 Å². The largest absolute Gasteiger partial charge is 0.325 e. The van der Waals surface area contributed by atoms with E-state index in [4.69, 9.17) is 0 Å². The third kappa shape index (κ3) is 3.39. The van der Waals surface area contributed by atoms with Crippen molar-refractivity contribution in [3.8, 4) is 0 Å². The van der Waals surface area contributed by atoms with Gasteiger partial charge in [0.1, 0.15) is 0 Å². The summed E-state index contributed by atoms with van der Waals surface area (Å²) in [4.78, 5) is 28.0. The van der Waals surface area contributed by atoms with Crippen molar-refractivity contribution in [2.75, 3.05) is 5.32 Å². The Morgan fingerprint density at radius 3 is 2.77 bits per heavy atom. The smallest absolute Gasteiger partial charge is 0.224 e. The minimum absolute atomic E-state index is 0.0241. The first-order chi connectivity index (χ1) is 10.7. The molecule has 4 nitrogen and oxygen atoms in total. The van der Waals surface area contributed by atoms with E-state index < -0.39 is 0 Å². The predicted molar refractivity (Wildman–Crippen MR) is 84.9 cm³/mol. The SMILES string of the molecule is O=C(CCC(=O)c1ccc2c(c1)CCC2)Nc1cccnc1. The number of carbonyl (C=O) groups is 2. The number of fused-ring (bicyclic) bond motifs is 1. The molecule has 0 fully saturated rings. The molecule has 1 aliphatic rings. The average molecular weight is 294 g/mol. The Kier molecular flexibility index (Phi) is 4.28. The van der Waals surface area contributed by atoms with Gasteiger partial charge in [0.2, 0.25) is 5.91 Å². The first kappa shape index (κ1) is 14.4. The number of rotatable bonds is 5. The highest BCUT2D eigenvalue weighted by Gasteiger charge is 2.14. The number of hydrogen-bond donors (Lipinski definition) is 1. The van der Waals surface area contributed by atoms with Crippen LogP contribution in [0.4, 0.5) is 5.69 Å². The van der Waals surface area contributed by atoms with Crippen LogP contribution in [0.15, 0.2) is 42.7 Å². The maximum atomic E-state index is 12.2. The number of nitrogens with one attached hydrogen (secondary N) is 1. The minimum atomic E-state index is -0.164. The van der Waals surface area contributed by atoms with Crippen molar-refractivity contribution < 1.29 is 9.59 Å². The highest BCUT2D eigenvalue weighted by atomic mass is 16.2. The Hall–Kier alpha value is -2.49. The van der Waals surface area contributed by atoms with Gasteiger partial charge in [0.15, 0.2) is 5.78 Å². The number of hydrogen-bond acceptors (Lipinski definition) is 3. The fourth-order valence-corrected chi connectivity index (χ4v) is 2.78. The van der Waals surface area contributed by atoms with E-state index in [0.717, 1.165) is 18.4 Å². The lowest BCUT2D eigenvalue weighted by Crippen LogP contribution is -2.13. The zero-order chi connectivity index (χ0) is 15.4. The zero-order valence-electron chi connectivity index (χ0n) is 12.3. The van der Waals surface area contributed by atoms with Gasteiger partial charge in [0.05, 0.1) is 11.9 Å². The van der Waals surface area contributed by atoms with Gasteiger partial charge in [-0.3, -0.25) is 14.6 Å². The number of aryl methyl sites for hydroxylation is 2. The fourth-order valence-electron chi connectivity index (χ4n) is 2.78. The van der Waals surface area contributed by atoms with E-state index >= 15 is 0 Å². The highest BCUT2D eigenvalue weighted by Crippen LogP contribution is 2.23. The summed E-state index contributed by atoms with van der Waals surface area (Å²) in [6.45, 7) is 0. The molecule has 0 radical (unpaired) electrons. The molecular formula is C18H18N2O2. The van der Waals surface area contributed by atoms with E-state index in [9.17, 15) is 9.59 Å². The summed E-state index contributed by atoms with van der Waals surface area (Å²) in [5.74, 6) is -0.140. The molecule has 0 saturated heterocycles. The number of aromatic nitrogens is 1. The lowest BCUT2D eigenvalue weighted by Gasteiger charge is -2.06. The number of nitrogens with zero attached hydrogens (tertiary/aromatic N) is 1. The number of ketones is 1. The second-order valence-corrected chi connectivity index (χ2v) is 5.55. The summed E-state index contributed by atoms with van der Waals surface area (Å²) < 4.78 is 0. The van der Waals surface area contributed by atoms with Crippen molar-refractivity contribution in [3.05, 3.63) is 59.4 Å². The Balaban J connectivity index is 1.55. The van der Waals surface area contributed by atoms with Crippen LogP contribution >= 0.6 is 0 Å². The summed E-state index contributed by atoms with van der Waals surface area (Å²) in [5.41, 5.74) is 4.00. The molecule has 3 rings (SSSR count). The molecular weight excluding hydrogens is 276 g/mol. The van der Waals surface area contributed by atoms with Crippen LogP contribution in [0.2, 0.25) is 0 Å². The molecule has 0 unspecified atom stereocenters. The van der Waals surface area contributed by atoms with Crippen LogP contribution in [0.1, 0.15) is 40.7 Å². The second-order valence-electron chi connectivity index (χ2n) is 5.55. The lowest BCUT2D eigenvalue weighted by molar-refractivity contribution is -0.116.